The van der Waals surface area contributed by atoms with Gasteiger partial charge in [-0.2, -0.15) is 5.10 Å². The fourth-order valence-corrected chi connectivity index (χ4v) is 4.42. The van der Waals surface area contributed by atoms with Gasteiger partial charge in [-0.05, 0) is 41.0 Å². The highest BCUT2D eigenvalue weighted by Gasteiger charge is 2.32. The number of para-hydroxylation sites is 1. The lowest BCUT2D eigenvalue weighted by Gasteiger charge is -2.20. The average Bonchev–Trinajstić information content (AvgIpc) is 3.41. The molecular formula is C30H30N2O6. The van der Waals surface area contributed by atoms with Crippen LogP contribution in [0.2, 0.25) is 0 Å². The molecule has 0 radical (unpaired) electrons. The van der Waals surface area contributed by atoms with Gasteiger partial charge < -0.3 is 18.9 Å². The Morgan fingerprint density at radius 1 is 1.00 bits per heavy atom. The largest absolute Gasteiger partial charge is 0.503 e. The van der Waals surface area contributed by atoms with Gasteiger partial charge in [0.2, 0.25) is 5.91 Å². The SMILES string of the molecule is CO/C=C(/C(=O)OC)c1ccccc1COc1ccccc1C1=NN(C(C)=O)C(c2cccc(OC)c2)C1. The molecule has 1 unspecified atom stereocenters. The number of nitrogens with zero attached hydrogens (tertiary/aromatic N) is 2. The van der Waals surface area contributed by atoms with Gasteiger partial charge in [0.15, 0.2) is 0 Å². The number of carbonyl (C=O) groups excluding carboxylic acids is 2. The third kappa shape index (κ3) is 5.70. The number of hydrazone groups is 1. The molecule has 1 heterocycles. The number of carbonyl (C=O) groups is 2. The number of esters is 1. The van der Waals surface area contributed by atoms with Gasteiger partial charge in [0.05, 0.1) is 39.3 Å². The first-order chi connectivity index (χ1) is 18.5. The summed E-state index contributed by atoms with van der Waals surface area (Å²) in [5, 5.41) is 6.19. The van der Waals surface area contributed by atoms with Gasteiger partial charge in [0, 0.05) is 18.9 Å². The highest BCUT2D eigenvalue weighted by Crippen LogP contribution is 2.36. The van der Waals surface area contributed by atoms with Gasteiger partial charge in [0.1, 0.15) is 23.7 Å². The van der Waals surface area contributed by atoms with Gasteiger partial charge in [-0.3, -0.25) is 4.79 Å². The quantitative estimate of drug-likeness (QED) is 0.224. The van der Waals surface area contributed by atoms with Gasteiger partial charge in [0.25, 0.3) is 0 Å². The van der Waals surface area contributed by atoms with Crippen molar-refractivity contribution in [2.24, 2.45) is 5.10 Å². The molecule has 8 nitrogen and oxygen atoms in total. The summed E-state index contributed by atoms with van der Waals surface area (Å²) in [5.74, 6) is 0.676. The zero-order valence-electron chi connectivity index (χ0n) is 21.8. The molecule has 0 bridgehead atoms. The Hall–Kier alpha value is -4.59. The van der Waals surface area contributed by atoms with Crippen LogP contribution >= 0.6 is 0 Å². The molecule has 1 amide bonds. The maximum Gasteiger partial charge on any atom is 0.341 e. The van der Waals surface area contributed by atoms with Crippen molar-refractivity contribution in [3.63, 3.8) is 0 Å². The van der Waals surface area contributed by atoms with E-state index >= 15 is 0 Å². The minimum absolute atomic E-state index is 0.152. The summed E-state index contributed by atoms with van der Waals surface area (Å²) >= 11 is 0. The van der Waals surface area contributed by atoms with E-state index in [2.05, 4.69) is 5.10 Å². The maximum atomic E-state index is 12.5. The minimum Gasteiger partial charge on any atom is -0.503 e. The van der Waals surface area contributed by atoms with Crippen LogP contribution < -0.4 is 9.47 Å². The van der Waals surface area contributed by atoms with Crippen LogP contribution in [0, 0.1) is 0 Å². The lowest BCUT2D eigenvalue weighted by atomic mass is 9.97. The van der Waals surface area contributed by atoms with Crippen molar-refractivity contribution in [3.05, 3.63) is 101 Å². The number of hydrogen-bond acceptors (Lipinski definition) is 7. The maximum absolute atomic E-state index is 12.5. The number of methoxy groups -OCH3 is 3. The Labute approximate surface area is 222 Å². The monoisotopic (exact) mass is 514 g/mol. The Bertz CT molecular complexity index is 1380. The van der Waals surface area contributed by atoms with Crippen molar-refractivity contribution in [2.45, 2.75) is 26.0 Å². The molecule has 0 N–H and O–H groups in total. The molecule has 0 spiro atoms. The summed E-state index contributed by atoms with van der Waals surface area (Å²) in [7, 11) is 4.42. The van der Waals surface area contributed by atoms with E-state index in [9.17, 15) is 9.59 Å². The van der Waals surface area contributed by atoms with Crippen LogP contribution in [-0.2, 0) is 25.7 Å². The smallest absolute Gasteiger partial charge is 0.341 e. The van der Waals surface area contributed by atoms with Crippen molar-refractivity contribution in [3.8, 4) is 11.5 Å². The van der Waals surface area contributed by atoms with Crippen LogP contribution in [0.5, 0.6) is 11.5 Å². The van der Waals surface area contributed by atoms with Crippen LogP contribution in [0.1, 0.15) is 41.6 Å². The topological polar surface area (TPSA) is 86.7 Å². The van der Waals surface area contributed by atoms with Gasteiger partial charge in [-0.25, -0.2) is 9.80 Å². The second kappa shape index (κ2) is 12.1. The lowest BCUT2D eigenvalue weighted by Crippen LogP contribution is -2.24. The fraction of sp³-hybridized carbons (Fsp3) is 0.233. The van der Waals surface area contributed by atoms with E-state index in [4.69, 9.17) is 18.9 Å². The summed E-state index contributed by atoms with van der Waals surface area (Å²) in [5.41, 5.74) is 4.20. The molecular weight excluding hydrogens is 484 g/mol. The molecule has 3 aromatic rings. The van der Waals surface area contributed by atoms with Crippen molar-refractivity contribution in [1.29, 1.82) is 0 Å². The van der Waals surface area contributed by atoms with E-state index in [0.29, 0.717) is 23.3 Å². The van der Waals surface area contributed by atoms with Crippen LogP contribution in [0.4, 0.5) is 0 Å². The molecule has 3 aromatic carbocycles. The van der Waals surface area contributed by atoms with Crippen LogP contribution in [0.15, 0.2) is 84.2 Å². The van der Waals surface area contributed by atoms with E-state index in [0.717, 1.165) is 28.2 Å². The number of amides is 1. The Kier molecular flexibility index (Phi) is 8.43. The molecule has 1 aliphatic rings. The zero-order chi connectivity index (χ0) is 27.1. The van der Waals surface area contributed by atoms with E-state index in [1.807, 2.05) is 72.8 Å². The summed E-state index contributed by atoms with van der Waals surface area (Å²) in [6.07, 6.45) is 1.88. The first kappa shape index (κ1) is 26.5. The molecule has 0 saturated carbocycles. The predicted molar refractivity (Wildman–Crippen MR) is 144 cm³/mol. The molecule has 4 rings (SSSR count). The van der Waals surface area contributed by atoms with Crippen molar-refractivity contribution >= 4 is 23.2 Å². The fourth-order valence-electron chi connectivity index (χ4n) is 4.42. The van der Waals surface area contributed by atoms with Gasteiger partial charge >= 0.3 is 5.97 Å². The first-order valence-corrected chi connectivity index (χ1v) is 12.1. The first-order valence-electron chi connectivity index (χ1n) is 12.1. The lowest BCUT2D eigenvalue weighted by molar-refractivity contribution is -0.134. The molecule has 0 aliphatic carbocycles. The second-order valence-electron chi connectivity index (χ2n) is 8.61. The summed E-state index contributed by atoms with van der Waals surface area (Å²) in [4.78, 5) is 24.9. The van der Waals surface area contributed by atoms with Crippen molar-refractivity contribution in [2.75, 3.05) is 21.3 Å². The standard InChI is InChI=1S/C30H30N2O6/c1-20(33)32-28(21-11-9-12-23(16-21)36-3)17-27(31-32)25-14-7-8-15-29(25)38-18-22-10-5-6-13-24(22)26(19-35-2)30(34)37-4/h5-16,19,28H,17-18H2,1-4H3/b26-19+. The molecule has 0 aromatic heterocycles. The molecule has 1 atom stereocenters. The average molecular weight is 515 g/mol. The van der Waals surface area contributed by atoms with E-state index in [-0.39, 0.29) is 18.6 Å². The van der Waals surface area contributed by atoms with Crippen LogP contribution in [0.25, 0.3) is 5.57 Å². The molecule has 0 fully saturated rings. The van der Waals surface area contributed by atoms with Crippen molar-refractivity contribution in [1.82, 2.24) is 5.01 Å². The highest BCUT2D eigenvalue weighted by atomic mass is 16.5. The van der Waals surface area contributed by atoms with Gasteiger partial charge in [-0.1, -0.05) is 48.5 Å². The summed E-state index contributed by atoms with van der Waals surface area (Å²) in [6, 6.07) is 22.4. The summed E-state index contributed by atoms with van der Waals surface area (Å²) in [6.45, 7) is 1.69. The second-order valence-corrected chi connectivity index (χ2v) is 8.61. The normalized spacial score (nSPS) is 15.1. The van der Waals surface area contributed by atoms with Crippen LogP contribution in [-0.4, -0.2) is 43.9 Å². The minimum atomic E-state index is -0.507. The molecule has 0 saturated heterocycles. The van der Waals surface area contributed by atoms with E-state index in [1.165, 1.54) is 32.4 Å². The number of hydrogen-bond donors (Lipinski definition) is 0. The molecule has 8 heteroatoms. The highest BCUT2D eigenvalue weighted by molar-refractivity contribution is 6.16. The summed E-state index contributed by atoms with van der Waals surface area (Å²) < 4.78 is 21.7. The molecule has 1 aliphatic heterocycles. The third-order valence-corrected chi connectivity index (χ3v) is 6.24. The van der Waals surface area contributed by atoms with Gasteiger partial charge in [-0.15, -0.1) is 0 Å². The third-order valence-electron chi connectivity index (χ3n) is 6.24. The van der Waals surface area contributed by atoms with E-state index in [1.54, 1.807) is 7.11 Å². The number of ether oxygens (including phenoxy) is 4. The Balaban J connectivity index is 1.62. The Morgan fingerprint density at radius 2 is 1.76 bits per heavy atom. The number of rotatable bonds is 9. The van der Waals surface area contributed by atoms with Crippen molar-refractivity contribution < 1.29 is 28.5 Å². The predicted octanol–water partition coefficient (Wildman–Crippen LogP) is 5.13. The number of benzene rings is 3. The Morgan fingerprint density at radius 3 is 2.50 bits per heavy atom. The zero-order valence-corrected chi connectivity index (χ0v) is 21.8. The molecule has 38 heavy (non-hydrogen) atoms. The van der Waals surface area contributed by atoms with Crippen LogP contribution in [0.3, 0.4) is 0 Å². The molecule has 196 valence electrons. The van der Waals surface area contributed by atoms with E-state index < -0.39 is 5.97 Å².